The molecule has 1 aromatic heterocycles. The smallest absolute Gasteiger partial charge is 0.104 e. The Morgan fingerprint density at radius 1 is 1.27 bits per heavy atom. The number of hydrogen-bond acceptors (Lipinski definition) is 4. The molecule has 2 aliphatic rings. The fourth-order valence-corrected chi connectivity index (χ4v) is 4.46. The highest BCUT2D eigenvalue weighted by Gasteiger charge is 2.53. The van der Waals surface area contributed by atoms with Crippen molar-refractivity contribution in [3.05, 3.63) is 29.0 Å². The number of aromatic nitrogens is 1. The van der Waals surface area contributed by atoms with Crippen molar-refractivity contribution in [3.8, 4) is 12.1 Å². The van der Waals surface area contributed by atoms with Gasteiger partial charge in [-0.25, -0.2) is 0 Å². The zero-order valence-corrected chi connectivity index (χ0v) is 13.6. The monoisotopic (exact) mass is 314 g/mol. The maximum Gasteiger partial charge on any atom is 0.104 e. The molecule has 2 unspecified atom stereocenters. The molecule has 0 aromatic carbocycles. The van der Waals surface area contributed by atoms with Crippen LogP contribution in [0.5, 0.6) is 0 Å². The Labute approximate surface area is 136 Å². The van der Waals surface area contributed by atoms with E-state index in [-0.39, 0.29) is 12.1 Å². The van der Waals surface area contributed by atoms with Crippen LogP contribution in [0, 0.1) is 22.7 Å². The predicted molar refractivity (Wildman–Crippen MR) is 84.1 cm³/mol. The number of hydrogen-bond donors (Lipinski definition) is 0. The number of nitrogens with zero attached hydrogens (tertiary/aromatic N) is 4. The van der Waals surface area contributed by atoms with Crippen molar-refractivity contribution >= 4 is 11.6 Å². The third-order valence-corrected chi connectivity index (χ3v) is 5.39. The van der Waals surface area contributed by atoms with E-state index in [9.17, 15) is 10.5 Å². The molecule has 22 heavy (non-hydrogen) atoms. The Morgan fingerprint density at radius 3 is 2.41 bits per heavy atom. The highest BCUT2D eigenvalue weighted by Crippen LogP contribution is 2.49. The molecule has 114 valence electrons. The molecule has 3 rings (SSSR count). The number of pyridine rings is 1. The van der Waals surface area contributed by atoms with Crippen LogP contribution in [0.3, 0.4) is 0 Å². The lowest BCUT2D eigenvalue weighted by Crippen LogP contribution is -2.57. The molecule has 3 heterocycles. The zero-order chi connectivity index (χ0) is 16.0. The van der Waals surface area contributed by atoms with Crippen LogP contribution >= 0.6 is 11.6 Å². The molecule has 1 aromatic rings. The average molecular weight is 315 g/mol. The van der Waals surface area contributed by atoms with E-state index in [1.54, 1.807) is 12.4 Å². The SMILES string of the molecule is CC(C)(C#N)N1C2CCC1CC(C#N)(c1cncc(Cl)c1)C2. The molecular weight excluding hydrogens is 296 g/mol. The largest absolute Gasteiger partial charge is 0.280 e. The van der Waals surface area contributed by atoms with Crippen LogP contribution in [-0.4, -0.2) is 27.5 Å². The van der Waals surface area contributed by atoms with Gasteiger partial charge in [0.25, 0.3) is 0 Å². The second-order valence-electron chi connectivity index (χ2n) is 6.96. The lowest BCUT2D eigenvalue weighted by atomic mass is 9.70. The van der Waals surface area contributed by atoms with Gasteiger partial charge in [-0.1, -0.05) is 11.6 Å². The van der Waals surface area contributed by atoms with Crippen molar-refractivity contribution < 1.29 is 0 Å². The Kier molecular flexibility index (Phi) is 3.63. The molecule has 0 amide bonds. The number of halogens is 1. The third-order valence-electron chi connectivity index (χ3n) is 5.18. The lowest BCUT2D eigenvalue weighted by molar-refractivity contribution is 0.0418. The summed E-state index contributed by atoms with van der Waals surface area (Å²) in [6, 6.07) is 7.36. The maximum absolute atomic E-state index is 9.89. The van der Waals surface area contributed by atoms with Crippen molar-refractivity contribution in [2.45, 2.75) is 62.6 Å². The van der Waals surface area contributed by atoms with Crippen molar-refractivity contribution in [2.24, 2.45) is 0 Å². The standard InChI is InChI=1S/C17H19ClN4/c1-16(2,10-19)22-14-3-4-15(22)7-17(6-14,11-20)12-5-13(18)9-21-8-12/h5,8-9,14-15H,3-4,6-7H2,1-2H3. The molecular formula is C17H19ClN4. The van der Waals surface area contributed by atoms with E-state index in [1.807, 2.05) is 19.9 Å². The summed E-state index contributed by atoms with van der Waals surface area (Å²) in [6.45, 7) is 3.94. The molecule has 2 bridgehead atoms. The fraction of sp³-hybridized carbons (Fsp3) is 0.588. The molecule has 0 radical (unpaired) electrons. The molecule has 5 heteroatoms. The molecule has 0 N–H and O–H groups in total. The lowest BCUT2D eigenvalue weighted by Gasteiger charge is -2.48. The Hall–Kier alpha value is -1.62. The topological polar surface area (TPSA) is 63.7 Å². The summed E-state index contributed by atoms with van der Waals surface area (Å²) in [5.74, 6) is 0. The number of rotatable bonds is 2. The van der Waals surface area contributed by atoms with E-state index >= 15 is 0 Å². The first-order chi connectivity index (χ1) is 10.4. The molecule has 0 saturated carbocycles. The molecule has 2 atom stereocenters. The van der Waals surface area contributed by atoms with Crippen LogP contribution in [-0.2, 0) is 5.41 Å². The van der Waals surface area contributed by atoms with Crippen LogP contribution < -0.4 is 0 Å². The first-order valence-corrected chi connectivity index (χ1v) is 8.02. The molecule has 2 aliphatic heterocycles. The van der Waals surface area contributed by atoms with Gasteiger partial charge < -0.3 is 0 Å². The van der Waals surface area contributed by atoms with Gasteiger partial charge in [-0.05, 0) is 51.2 Å². The molecule has 2 fully saturated rings. The van der Waals surface area contributed by atoms with Gasteiger partial charge in [0.05, 0.1) is 22.6 Å². The van der Waals surface area contributed by atoms with Crippen LogP contribution in [0.25, 0.3) is 0 Å². The highest BCUT2D eigenvalue weighted by molar-refractivity contribution is 6.30. The summed E-state index contributed by atoms with van der Waals surface area (Å²) in [5.41, 5.74) is -0.111. The first-order valence-electron chi connectivity index (χ1n) is 7.64. The normalized spacial score (nSPS) is 31.5. The number of nitriles is 2. The minimum absolute atomic E-state index is 0.270. The van der Waals surface area contributed by atoms with Crippen LogP contribution in [0.2, 0.25) is 5.02 Å². The summed E-state index contributed by atoms with van der Waals surface area (Å²) >= 11 is 6.07. The molecule has 0 spiro atoms. The van der Waals surface area contributed by atoms with Gasteiger partial charge >= 0.3 is 0 Å². The van der Waals surface area contributed by atoms with E-state index in [2.05, 4.69) is 22.0 Å². The van der Waals surface area contributed by atoms with E-state index in [4.69, 9.17) is 11.6 Å². The van der Waals surface area contributed by atoms with E-state index < -0.39 is 11.0 Å². The average Bonchev–Trinajstić information content (AvgIpc) is 2.80. The summed E-state index contributed by atoms with van der Waals surface area (Å²) < 4.78 is 0. The number of fused-ring (bicyclic) bond motifs is 2. The van der Waals surface area contributed by atoms with Crippen molar-refractivity contribution in [2.75, 3.05) is 0 Å². The Morgan fingerprint density at radius 2 is 1.91 bits per heavy atom. The second kappa shape index (κ2) is 5.23. The zero-order valence-electron chi connectivity index (χ0n) is 12.9. The molecule has 0 aliphatic carbocycles. The summed E-state index contributed by atoms with van der Waals surface area (Å²) in [4.78, 5) is 6.48. The first kappa shape index (κ1) is 15.3. The van der Waals surface area contributed by atoms with Gasteiger partial charge in [0.1, 0.15) is 5.54 Å². The quantitative estimate of drug-likeness (QED) is 0.839. The summed E-state index contributed by atoms with van der Waals surface area (Å²) in [5, 5.41) is 19.9. The maximum atomic E-state index is 9.89. The fourth-order valence-electron chi connectivity index (χ4n) is 4.29. The van der Waals surface area contributed by atoms with Crippen LogP contribution in [0.1, 0.15) is 45.1 Å². The van der Waals surface area contributed by atoms with Gasteiger partial charge in [-0.3, -0.25) is 9.88 Å². The second-order valence-corrected chi connectivity index (χ2v) is 7.39. The van der Waals surface area contributed by atoms with Crippen LogP contribution in [0.15, 0.2) is 18.5 Å². The third kappa shape index (κ3) is 2.28. The van der Waals surface area contributed by atoms with Crippen LogP contribution in [0.4, 0.5) is 0 Å². The number of piperidine rings is 1. The van der Waals surface area contributed by atoms with Gasteiger partial charge in [0.15, 0.2) is 0 Å². The van der Waals surface area contributed by atoms with E-state index in [0.29, 0.717) is 5.02 Å². The Balaban J connectivity index is 1.97. The van der Waals surface area contributed by atoms with E-state index in [1.165, 1.54) is 0 Å². The van der Waals surface area contributed by atoms with E-state index in [0.717, 1.165) is 31.2 Å². The predicted octanol–water partition coefficient (Wildman–Crippen LogP) is 3.43. The molecule has 2 saturated heterocycles. The summed E-state index contributed by atoms with van der Waals surface area (Å²) in [7, 11) is 0. The highest BCUT2D eigenvalue weighted by atomic mass is 35.5. The van der Waals surface area contributed by atoms with Gasteiger partial charge in [0.2, 0.25) is 0 Å². The van der Waals surface area contributed by atoms with Gasteiger partial charge in [-0.15, -0.1) is 0 Å². The van der Waals surface area contributed by atoms with Crippen molar-refractivity contribution in [1.82, 2.24) is 9.88 Å². The molecule has 4 nitrogen and oxygen atoms in total. The van der Waals surface area contributed by atoms with Crippen molar-refractivity contribution in [1.29, 1.82) is 10.5 Å². The minimum atomic E-state index is -0.536. The van der Waals surface area contributed by atoms with Gasteiger partial charge in [-0.2, -0.15) is 10.5 Å². The van der Waals surface area contributed by atoms with Gasteiger partial charge in [0, 0.05) is 24.5 Å². The minimum Gasteiger partial charge on any atom is -0.280 e. The Bertz CT molecular complexity index is 656. The van der Waals surface area contributed by atoms with Crippen molar-refractivity contribution in [3.63, 3.8) is 0 Å². The summed E-state index contributed by atoms with van der Waals surface area (Å²) in [6.07, 6.45) is 6.94.